The van der Waals surface area contributed by atoms with Gasteiger partial charge in [-0.3, -0.25) is 4.52 Å². The van der Waals surface area contributed by atoms with Crippen molar-refractivity contribution in [1.29, 1.82) is 0 Å². The van der Waals surface area contributed by atoms with E-state index in [0.29, 0.717) is 0 Å². The summed E-state index contributed by atoms with van der Waals surface area (Å²) >= 11 is 0. The summed E-state index contributed by atoms with van der Waals surface area (Å²) < 4.78 is 10.3. The second kappa shape index (κ2) is 4.79. The number of aromatic hydroxyl groups is 1. The van der Waals surface area contributed by atoms with Crippen molar-refractivity contribution < 1.29 is 19.0 Å². The topological polar surface area (TPSA) is 58.9 Å². The monoisotopic (exact) mass is 230 g/mol. The SMILES string of the molecule is CC(C)(C)OP(O)Oc1ccccc1O. The van der Waals surface area contributed by atoms with Crippen molar-refractivity contribution in [2.75, 3.05) is 0 Å². The van der Waals surface area contributed by atoms with Crippen molar-refractivity contribution in [3.63, 3.8) is 0 Å². The second-order valence-electron chi connectivity index (χ2n) is 4.00. The molecule has 2 N–H and O–H groups in total. The Morgan fingerprint density at radius 1 is 1.20 bits per heavy atom. The maximum atomic E-state index is 9.47. The molecule has 0 saturated heterocycles. The first-order valence-electron chi connectivity index (χ1n) is 4.52. The minimum Gasteiger partial charge on any atom is -0.504 e. The van der Waals surface area contributed by atoms with Gasteiger partial charge >= 0.3 is 8.60 Å². The van der Waals surface area contributed by atoms with Crippen molar-refractivity contribution in [1.82, 2.24) is 0 Å². The molecule has 0 saturated carbocycles. The number of hydrogen-bond donors (Lipinski definition) is 2. The van der Waals surface area contributed by atoms with Gasteiger partial charge in [0.2, 0.25) is 0 Å². The van der Waals surface area contributed by atoms with Gasteiger partial charge in [-0.05, 0) is 32.9 Å². The first kappa shape index (κ1) is 12.2. The normalized spacial score (nSPS) is 13.6. The number of rotatable bonds is 3. The Balaban J connectivity index is 2.59. The molecule has 0 spiro atoms. The number of hydrogen-bond acceptors (Lipinski definition) is 4. The highest BCUT2D eigenvalue weighted by Gasteiger charge is 2.20. The first-order valence-corrected chi connectivity index (χ1v) is 5.65. The smallest absolute Gasteiger partial charge is 0.395 e. The Hall–Kier alpha value is -0.830. The zero-order valence-corrected chi connectivity index (χ0v) is 9.86. The number of para-hydroxylation sites is 2. The van der Waals surface area contributed by atoms with Crippen molar-refractivity contribution in [2.24, 2.45) is 0 Å². The Morgan fingerprint density at radius 2 is 1.80 bits per heavy atom. The number of benzene rings is 1. The molecule has 1 unspecified atom stereocenters. The lowest BCUT2D eigenvalue weighted by molar-refractivity contribution is 0.112. The van der Waals surface area contributed by atoms with Crippen LogP contribution in [-0.2, 0) is 4.52 Å². The quantitative estimate of drug-likeness (QED) is 0.784. The molecule has 1 aromatic carbocycles. The molecule has 0 aliphatic heterocycles. The van der Waals surface area contributed by atoms with Gasteiger partial charge in [0, 0.05) is 0 Å². The average Bonchev–Trinajstić information content (AvgIpc) is 2.05. The third-order valence-corrected chi connectivity index (χ3v) is 2.45. The predicted octanol–water partition coefficient (Wildman–Crippen LogP) is 2.81. The summed E-state index contributed by atoms with van der Waals surface area (Å²) in [5, 5.41) is 9.38. The Labute approximate surface area is 90.5 Å². The van der Waals surface area contributed by atoms with Crippen molar-refractivity contribution in [2.45, 2.75) is 26.4 Å². The lowest BCUT2D eigenvalue weighted by atomic mass is 10.2. The molecule has 0 aliphatic rings. The van der Waals surface area contributed by atoms with Crippen LogP contribution in [-0.4, -0.2) is 15.6 Å². The number of phenols is 1. The molecule has 0 aliphatic carbocycles. The summed E-state index contributed by atoms with van der Waals surface area (Å²) in [5.41, 5.74) is -0.481. The van der Waals surface area contributed by atoms with Crippen LogP contribution < -0.4 is 4.52 Å². The third-order valence-electron chi connectivity index (χ3n) is 1.39. The molecule has 0 radical (unpaired) electrons. The van der Waals surface area contributed by atoms with E-state index < -0.39 is 14.2 Å². The van der Waals surface area contributed by atoms with E-state index in [1.165, 1.54) is 6.07 Å². The standard InChI is InChI=1S/C10H15O4P/c1-10(2,3)14-15(12)13-9-7-5-4-6-8(9)11/h4-7,11-12H,1-3H3. The van der Waals surface area contributed by atoms with Gasteiger partial charge in [-0.1, -0.05) is 12.1 Å². The summed E-state index contributed by atoms with van der Waals surface area (Å²) in [4.78, 5) is 9.47. The maximum absolute atomic E-state index is 9.47. The van der Waals surface area contributed by atoms with Crippen molar-refractivity contribution in [3.05, 3.63) is 24.3 Å². The summed E-state index contributed by atoms with van der Waals surface area (Å²) in [6.45, 7) is 5.44. The Morgan fingerprint density at radius 3 is 2.33 bits per heavy atom. The lowest BCUT2D eigenvalue weighted by Crippen LogP contribution is -2.17. The maximum Gasteiger partial charge on any atom is 0.395 e. The molecule has 84 valence electrons. The van der Waals surface area contributed by atoms with E-state index in [1.807, 2.05) is 20.8 Å². The van der Waals surface area contributed by atoms with Crippen LogP contribution >= 0.6 is 8.60 Å². The van der Waals surface area contributed by atoms with Gasteiger partial charge in [0.25, 0.3) is 0 Å². The van der Waals surface area contributed by atoms with E-state index in [-0.39, 0.29) is 11.5 Å². The number of phenolic OH excluding ortho intramolecular Hbond substituents is 1. The van der Waals surface area contributed by atoms with Crippen LogP contribution in [0.2, 0.25) is 0 Å². The highest BCUT2D eigenvalue weighted by molar-refractivity contribution is 7.41. The molecular formula is C10H15O4P. The van der Waals surface area contributed by atoms with E-state index in [0.717, 1.165) is 0 Å². The summed E-state index contributed by atoms with van der Waals surface area (Å²) in [6.07, 6.45) is 0. The molecule has 1 aromatic rings. The van der Waals surface area contributed by atoms with Crippen molar-refractivity contribution >= 4 is 8.60 Å². The van der Waals surface area contributed by atoms with Crippen LogP contribution in [0.3, 0.4) is 0 Å². The molecule has 0 aromatic heterocycles. The molecule has 4 nitrogen and oxygen atoms in total. The minimum absolute atomic E-state index is 0.0171. The van der Waals surface area contributed by atoms with Crippen LogP contribution in [0, 0.1) is 0 Å². The zero-order chi connectivity index (χ0) is 11.5. The highest BCUT2D eigenvalue weighted by Crippen LogP contribution is 2.41. The summed E-state index contributed by atoms with van der Waals surface area (Å²) in [6, 6.07) is 6.42. The molecule has 15 heavy (non-hydrogen) atoms. The van der Waals surface area contributed by atoms with Gasteiger partial charge in [-0.25, -0.2) is 0 Å². The summed E-state index contributed by atoms with van der Waals surface area (Å²) in [7, 11) is -2.02. The van der Waals surface area contributed by atoms with E-state index in [1.54, 1.807) is 18.2 Å². The Kier molecular flexibility index (Phi) is 3.91. The van der Waals surface area contributed by atoms with E-state index in [4.69, 9.17) is 9.05 Å². The fraction of sp³-hybridized carbons (Fsp3) is 0.400. The lowest BCUT2D eigenvalue weighted by Gasteiger charge is -2.22. The van der Waals surface area contributed by atoms with E-state index >= 15 is 0 Å². The van der Waals surface area contributed by atoms with Gasteiger partial charge in [0.1, 0.15) is 0 Å². The molecule has 1 atom stereocenters. The first-order chi connectivity index (χ1) is 6.88. The van der Waals surface area contributed by atoms with E-state index in [9.17, 15) is 10.00 Å². The molecule has 0 fully saturated rings. The van der Waals surface area contributed by atoms with E-state index in [2.05, 4.69) is 0 Å². The molecule has 0 bridgehead atoms. The van der Waals surface area contributed by atoms with Gasteiger partial charge in [0.05, 0.1) is 5.60 Å². The van der Waals surface area contributed by atoms with Crippen LogP contribution in [0.5, 0.6) is 11.5 Å². The van der Waals surface area contributed by atoms with Gasteiger partial charge < -0.3 is 14.5 Å². The molecule has 1 rings (SSSR count). The van der Waals surface area contributed by atoms with Gasteiger partial charge in [-0.15, -0.1) is 0 Å². The zero-order valence-electron chi connectivity index (χ0n) is 8.97. The highest BCUT2D eigenvalue weighted by atomic mass is 31.2. The molecule has 0 amide bonds. The van der Waals surface area contributed by atoms with Crippen LogP contribution in [0.4, 0.5) is 0 Å². The second-order valence-corrected chi connectivity index (χ2v) is 4.84. The van der Waals surface area contributed by atoms with Crippen LogP contribution in [0.25, 0.3) is 0 Å². The van der Waals surface area contributed by atoms with Gasteiger partial charge in [-0.2, -0.15) is 0 Å². The largest absolute Gasteiger partial charge is 0.504 e. The molecule has 5 heteroatoms. The Bertz CT molecular complexity index is 321. The fourth-order valence-corrected chi connectivity index (χ4v) is 1.70. The average molecular weight is 230 g/mol. The summed E-state index contributed by atoms with van der Waals surface area (Å²) in [5.74, 6) is 0.201. The molecular weight excluding hydrogens is 215 g/mol. The third kappa shape index (κ3) is 4.47. The minimum atomic E-state index is -2.02. The van der Waals surface area contributed by atoms with Crippen molar-refractivity contribution in [3.8, 4) is 11.5 Å². The fourth-order valence-electron chi connectivity index (χ4n) is 0.871. The van der Waals surface area contributed by atoms with Crippen LogP contribution in [0.15, 0.2) is 24.3 Å². The molecule has 0 heterocycles. The van der Waals surface area contributed by atoms with Crippen LogP contribution in [0.1, 0.15) is 20.8 Å². The van der Waals surface area contributed by atoms with Gasteiger partial charge in [0.15, 0.2) is 11.5 Å². The predicted molar refractivity (Wildman–Crippen MR) is 58.7 cm³/mol.